The Morgan fingerprint density at radius 1 is 1.46 bits per heavy atom. The average molecular weight is 203 g/mol. The lowest BCUT2D eigenvalue weighted by molar-refractivity contribution is 0.297. The third-order valence-electron chi connectivity index (χ3n) is 2.38. The van der Waals surface area contributed by atoms with Crippen LogP contribution in [0.4, 0.5) is 0 Å². The van der Waals surface area contributed by atoms with E-state index in [4.69, 9.17) is 5.73 Å². The summed E-state index contributed by atoms with van der Waals surface area (Å²) >= 11 is 2.06. The molecule has 0 spiro atoms. The summed E-state index contributed by atoms with van der Waals surface area (Å²) in [5.74, 6) is 2.60. The van der Waals surface area contributed by atoms with Crippen LogP contribution in [0.15, 0.2) is 0 Å². The molecule has 1 aliphatic heterocycles. The second kappa shape index (κ2) is 6.65. The summed E-state index contributed by atoms with van der Waals surface area (Å²) in [5.41, 5.74) is 5.51. The number of rotatable bonds is 5. The molecule has 3 nitrogen and oxygen atoms in total. The van der Waals surface area contributed by atoms with Crippen molar-refractivity contribution in [1.82, 2.24) is 10.2 Å². The molecular formula is C9H21N3S. The summed E-state index contributed by atoms with van der Waals surface area (Å²) in [7, 11) is 0. The standard InChI is InChI=1S/C9H21N3S/c1-9(8-10)11-2-3-12-4-6-13-7-5-12/h9,11H,2-8,10H2,1H3. The van der Waals surface area contributed by atoms with E-state index in [1.165, 1.54) is 31.1 Å². The molecule has 1 unspecified atom stereocenters. The van der Waals surface area contributed by atoms with Gasteiger partial charge < -0.3 is 16.0 Å². The summed E-state index contributed by atoms with van der Waals surface area (Å²) < 4.78 is 0. The highest BCUT2D eigenvalue weighted by Gasteiger charge is 2.09. The van der Waals surface area contributed by atoms with Crippen LogP contribution < -0.4 is 11.1 Å². The van der Waals surface area contributed by atoms with Crippen molar-refractivity contribution in [2.75, 3.05) is 44.2 Å². The lowest BCUT2D eigenvalue weighted by Crippen LogP contribution is -2.41. The molecular weight excluding hydrogens is 182 g/mol. The van der Waals surface area contributed by atoms with Gasteiger partial charge in [-0.2, -0.15) is 11.8 Å². The van der Waals surface area contributed by atoms with Crippen molar-refractivity contribution < 1.29 is 0 Å². The molecule has 1 aliphatic rings. The number of hydrogen-bond donors (Lipinski definition) is 2. The van der Waals surface area contributed by atoms with Gasteiger partial charge in [-0.1, -0.05) is 0 Å². The molecule has 0 saturated carbocycles. The zero-order chi connectivity index (χ0) is 9.52. The Morgan fingerprint density at radius 2 is 2.15 bits per heavy atom. The van der Waals surface area contributed by atoms with E-state index >= 15 is 0 Å². The minimum atomic E-state index is 0.458. The van der Waals surface area contributed by atoms with E-state index in [0.717, 1.165) is 13.1 Å². The molecule has 0 aliphatic carbocycles. The largest absolute Gasteiger partial charge is 0.329 e. The average Bonchev–Trinajstić information content (AvgIpc) is 2.19. The molecule has 1 heterocycles. The lowest BCUT2D eigenvalue weighted by Gasteiger charge is -2.26. The zero-order valence-electron chi connectivity index (χ0n) is 8.46. The summed E-state index contributed by atoms with van der Waals surface area (Å²) in [6.45, 7) is 7.61. The van der Waals surface area contributed by atoms with Crippen molar-refractivity contribution in [3.8, 4) is 0 Å². The van der Waals surface area contributed by atoms with E-state index in [2.05, 4.69) is 28.9 Å². The van der Waals surface area contributed by atoms with E-state index < -0.39 is 0 Å². The molecule has 0 bridgehead atoms. The second-order valence-electron chi connectivity index (χ2n) is 3.54. The Kier molecular flexibility index (Phi) is 5.78. The van der Waals surface area contributed by atoms with Gasteiger partial charge in [-0.05, 0) is 6.92 Å². The van der Waals surface area contributed by atoms with Crippen molar-refractivity contribution in [3.63, 3.8) is 0 Å². The van der Waals surface area contributed by atoms with Crippen molar-refractivity contribution in [2.45, 2.75) is 13.0 Å². The lowest BCUT2D eigenvalue weighted by atomic mass is 10.3. The minimum Gasteiger partial charge on any atom is -0.329 e. The Labute approximate surface area is 85.4 Å². The summed E-state index contributed by atoms with van der Waals surface area (Å²) in [6.07, 6.45) is 0. The fourth-order valence-corrected chi connectivity index (χ4v) is 2.36. The summed E-state index contributed by atoms with van der Waals surface area (Å²) in [6, 6.07) is 0.458. The molecule has 0 amide bonds. The van der Waals surface area contributed by atoms with Crippen LogP contribution in [0.3, 0.4) is 0 Å². The van der Waals surface area contributed by atoms with Crippen LogP contribution in [0.2, 0.25) is 0 Å². The summed E-state index contributed by atoms with van der Waals surface area (Å²) in [4.78, 5) is 2.52. The third-order valence-corrected chi connectivity index (χ3v) is 3.32. The van der Waals surface area contributed by atoms with Gasteiger partial charge in [0.15, 0.2) is 0 Å². The van der Waals surface area contributed by atoms with Gasteiger partial charge in [0.25, 0.3) is 0 Å². The van der Waals surface area contributed by atoms with E-state index in [1.54, 1.807) is 0 Å². The maximum Gasteiger partial charge on any atom is 0.0162 e. The van der Waals surface area contributed by atoms with Crippen molar-refractivity contribution >= 4 is 11.8 Å². The van der Waals surface area contributed by atoms with Crippen LogP contribution >= 0.6 is 11.8 Å². The maximum atomic E-state index is 5.51. The Morgan fingerprint density at radius 3 is 2.77 bits per heavy atom. The summed E-state index contributed by atoms with van der Waals surface area (Å²) in [5, 5.41) is 3.41. The first-order chi connectivity index (χ1) is 6.33. The van der Waals surface area contributed by atoms with E-state index in [-0.39, 0.29) is 0 Å². The van der Waals surface area contributed by atoms with Crippen molar-refractivity contribution in [3.05, 3.63) is 0 Å². The number of thioether (sulfide) groups is 1. The Hall–Kier alpha value is 0.230. The highest BCUT2D eigenvalue weighted by Crippen LogP contribution is 2.07. The quantitative estimate of drug-likeness (QED) is 0.658. The smallest absolute Gasteiger partial charge is 0.0162 e. The molecule has 0 radical (unpaired) electrons. The zero-order valence-corrected chi connectivity index (χ0v) is 9.28. The fraction of sp³-hybridized carbons (Fsp3) is 1.00. The first-order valence-electron chi connectivity index (χ1n) is 5.06. The van der Waals surface area contributed by atoms with Gasteiger partial charge >= 0.3 is 0 Å². The highest BCUT2D eigenvalue weighted by molar-refractivity contribution is 7.99. The first kappa shape index (κ1) is 11.3. The van der Waals surface area contributed by atoms with E-state index in [0.29, 0.717) is 6.04 Å². The van der Waals surface area contributed by atoms with Gasteiger partial charge in [-0.15, -0.1) is 0 Å². The third kappa shape index (κ3) is 4.86. The van der Waals surface area contributed by atoms with Crippen LogP contribution in [-0.2, 0) is 0 Å². The second-order valence-corrected chi connectivity index (χ2v) is 4.77. The van der Waals surface area contributed by atoms with Crippen molar-refractivity contribution in [1.29, 1.82) is 0 Å². The van der Waals surface area contributed by atoms with Gasteiger partial charge in [-0.25, -0.2) is 0 Å². The van der Waals surface area contributed by atoms with Crippen LogP contribution in [0, 0.1) is 0 Å². The van der Waals surface area contributed by atoms with E-state index in [1.807, 2.05) is 0 Å². The van der Waals surface area contributed by atoms with Gasteiger partial charge in [0, 0.05) is 50.3 Å². The number of nitrogens with two attached hydrogens (primary N) is 1. The Bertz CT molecular complexity index is 126. The van der Waals surface area contributed by atoms with Gasteiger partial charge in [0.1, 0.15) is 0 Å². The molecule has 1 rings (SSSR count). The maximum absolute atomic E-state index is 5.51. The molecule has 0 aromatic heterocycles. The molecule has 1 saturated heterocycles. The predicted molar refractivity (Wildman–Crippen MR) is 60.3 cm³/mol. The van der Waals surface area contributed by atoms with Crippen LogP contribution in [0.25, 0.3) is 0 Å². The predicted octanol–water partition coefficient (Wildman–Crippen LogP) is -0.0280. The van der Waals surface area contributed by atoms with Crippen LogP contribution in [0.5, 0.6) is 0 Å². The molecule has 1 fully saturated rings. The fourth-order valence-electron chi connectivity index (χ4n) is 1.38. The molecule has 78 valence electrons. The normalized spacial score (nSPS) is 21.7. The number of hydrogen-bond acceptors (Lipinski definition) is 4. The van der Waals surface area contributed by atoms with Gasteiger partial charge in [0.05, 0.1) is 0 Å². The molecule has 13 heavy (non-hydrogen) atoms. The van der Waals surface area contributed by atoms with Crippen molar-refractivity contribution in [2.24, 2.45) is 5.73 Å². The molecule has 0 aromatic rings. The van der Waals surface area contributed by atoms with Crippen LogP contribution in [-0.4, -0.2) is 55.2 Å². The van der Waals surface area contributed by atoms with E-state index in [9.17, 15) is 0 Å². The molecule has 0 aromatic carbocycles. The molecule has 1 atom stereocenters. The topological polar surface area (TPSA) is 41.3 Å². The molecule has 4 heteroatoms. The Balaban J connectivity index is 1.98. The van der Waals surface area contributed by atoms with Gasteiger partial charge in [-0.3, -0.25) is 0 Å². The highest BCUT2D eigenvalue weighted by atomic mass is 32.2. The van der Waals surface area contributed by atoms with Gasteiger partial charge in [0.2, 0.25) is 0 Å². The SMILES string of the molecule is CC(CN)NCCN1CCSCC1. The minimum absolute atomic E-state index is 0.458. The van der Waals surface area contributed by atoms with Crippen LogP contribution in [0.1, 0.15) is 6.92 Å². The molecule has 3 N–H and O–H groups in total. The monoisotopic (exact) mass is 203 g/mol. The number of nitrogens with zero attached hydrogens (tertiary/aromatic N) is 1. The first-order valence-corrected chi connectivity index (χ1v) is 6.22. The number of nitrogens with one attached hydrogen (secondary N) is 1.